The van der Waals surface area contributed by atoms with Gasteiger partial charge in [0.05, 0.1) is 18.7 Å². The average Bonchev–Trinajstić information content (AvgIpc) is 2.65. The number of halogens is 1. The Bertz CT molecular complexity index is 592. The van der Waals surface area contributed by atoms with Gasteiger partial charge in [0.25, 0.3) is 0 Å². The summed E-state index contributed by atoms with van der Waals surface area (Å²) < 4.78 is 7.34. The molecule has 0 aliphatic carbocycles. The third kappa shape index (κ3) is 2.39. The molecule has 0 aliphatic heterocycles. The first kappa shape index (κ1) is 13.0. The number of hydrogen-bond donors (Lipinski definition) is 1. The topological polar surface area (TPSA) is 63.8 Å². The van der Waals surface area contributed by atoms with Crippen molar-refractivity contribution in [2.75, 3.05) is 7.11 Å². The second-order valence-corrected chi connectivity index (χ2v) is 4.94. The van der Waals surface area contributed by atoms with E-state index in [0.717, 1.165) is 4.47 Å². The fourth-order valence-corrected chi connectivity index (χ4v) is 2.11. The molecule has 0 saturated carbocycles. The van der Waals surface area contributed by atoms with Crippen LogP contribution < -0.4 is 0 Å². The number of carbonyl (C=O) groups is 1. The number of aliphatic hydroxyl groups is 1. The normalized spacial score (nSPS) is 12.7. The van der Waals surface area contributed by atoms with Crippen LogP contribution in [0.1, 0.15) is 23.2 Å². The molecule has 0 bridgehead atoms. The number of methoxy groups -OCH3 is 1. The number of carbonyl (C=O) groups excluding carboxylic acids is 1. The molecule has 6 heteroatoms. The Labute approximate surface area is 113 Å². The predicted molar refractivity (Wildman–Crippen MR) is 69.6 cm³/mol. The highest BCUT2D eigenvalue weighted by Crippen LogP contribution is 2.20. The van der Waals surface area contributed by atoms with E-state index in [9.17, 15) is 9.90 Å². The quantitative estimate of drug-likeness (QED) is 0.878. The zero-order valence-electron chi connectivity index (χ0n) is 10.1. The van der Waals surface area contributed by atoms with Gasteiger partial charge in [-0.2, -0.15) is 0 Å². The van der Waals surface area contributed by atoms with E-state index >= 15 is 0 Å². The molecule has 2 rings (SSSR count). The van der Waals surface area contributed by atoms with Crippen LogP contribution in [0.2, 0.25) is 0 Å². The first-order valence-electron chi connectivity index (χ1n) is 5.45. The van der Waals surface area contributed by atoms with Crippen LogP contribution in [0.4, 0.5) is 0 Å². The number of ether oxygens (including phenoxy) is 1. The number of aromatic nitrogens is 2. The minimum atomic E-state index is -0.523. The van der Waals surface area contributed by atoms with Gasteiger partial charge in [-0.25, -0.2) is 9.78 Å². The average molecular weight is 313 g/mol. The van der Waals surface area contributed by atoms with E-state index in [0.29, 0.717) is 17.8 Å². The maximum atomic E-state index is 11.7. The summed E-state index contributed by atoms with van der Waals surface area (Å²) in [5.41, 5.74) is 0.918. The van der Waals surface area contributed by atoms with Crippen LogP contribution in [0.25, 0.3) is 5.52 Å². The highest BCUT2D eigenvalue weighted by molar-refractivity contribution is 9.10. The van der Waals surface area contributed by atoms with Crippen molar-refractivity contribution in [2.45, 2.75) is 19.4 Å². The lowest BCUT2D eigenvalue weighted by Crippen LogP contribution is -2.08. The van der Waals surface area contributed by atoms with Gasteiger partial charge in [0, 0.05) is 17.1 Å². The summed E-state index contributed by atoms with van der Waals surface area (Å²) in [5, 5.41) is 9.45. The van der Waals surface area contributed by atoms with Crippen LogP contribution in [-0.2, 0) is 11.2 Å². The van der Waals surface area contributed by atoms with Crippen LogP contribution in [0, 0.1) is 0 Å². The molecule has 0 spiro atoms. The van der Waals surface area contributed by atoms with Gasteiger partial charge < -0.3 is 14.2 Å². The van der Waals surface area contributed by atoms with Gasteiger partial charge in [0.2, 0.25) is 0 Å². The van der Waals surface area contributed by atoms with E-state index in [1.54, 1.807) is 23.6 Å². The first-order valence-corrected chi connectivity index (χ1v) is 6.25. The first-order chi connectivity index (χ1) is 8.52. The zero-order valence-corrected chi connectivity index (χ0v) is 11.6. The van der Waals surface area contributed by atoms with E-state index in [1.165, 1.54) is 7.11 Å². The van der Waals surface area contributed by atoms with Crippen LogP contribution >= 0.6 is 15.9 Å². The minimum Gasteiger partial charge on any atom is -0.464 e. The smallest absolute Gasteiger partial charge is 0.358 e. The van der Waals surface area contributed by atoms with E-state index in [4.69, 9.17) is 4.74 Å². The fourth-order valence-electron chi connectivity index (χ4n) is 1.78. The highest BCUT2D eigenvalue weighted by Gasteiger charge is 2.18. The number of rotatable bonds is 3. The van der Waals surface area contributed by atoms with Crippen molar-refractivity contribution < 1.29 is 14.6 Å². The third-order valence-corrected chi connectivity index (χ3v) is 3.03. The molecule has 0 aromatic carbocycles. The number of hydrogen-bond acceptors (Lipinski definition) is 4. The molecule has 0 amide bonds. The summed E-state index contributed by atoms with van der Waals surface area (Å²) in [6, 6.07) is 3.64. The molecule has 96 valence electrons. The molecule has 1 unspecified atom stereocenters. The lowest BCUT2D eigenvalue weighted by molar-refractivity contribution is 0.0596. The number of nitrogens with zero attached hydrogens (tertiary/aromatic N) is 2. The summed E-state index contributed by atoms with van der Waals surface area (Å²) >= 11 is 3.36. The SMILES string of the molecule is COC(=O)c1nc(CC(C)O)n2ccc(Br)cc12. The molecular weight excluding hydrogens is 300 g/mol. The molecule has 0 aliphatic rings. The van der Waals surface area contributed by atoms with Crippen molar-refractivity contribution >= 4 is 27.4 Å². The standard InChI is InChI=1S/C12H13BrN2O3/c1-7(16)5-10-14-11(12(17)18-2)9-6-8(13)3-4-15(9)10/h3-4,6-7,16H,5H2,1-2H3. The molecule has 0 fully saturated rings. The van der Waals surface area contributed by atoms with Crippen LogP contribution in [0.3, 0.4) is 0 Å². The summed E-state index contributed by atoms with van der Waals surface area (Å²) in [6.07, 6.45) is 1.65. The Morgan fingerprint density at radius 1 is 1.67 bits per heavy atom. The minimum absolute atomic E-state index is 0.259. The summed E-state index contributed by atoms with van der Waals surface area (Å²) in [7, 11) is 1.32. The van der Waals surface area contributed by atoms with Gasteiger partial charge in [-0.3, -0.25) is 0 Å². The molecule has 5 nitrogen and oxygen atoms in total. The molecule has 2 aromatic rings. The predicted octanol–water partition coefficient (Wildman–Crippen LogP) is 1.81. The summed E-state index contributed by atoms with van der Waals surface area (Å²) in [6.45, 7) is 1.68. The van der Waals surface area contributed by atoms with Gasteiger partial charge >= 0.3 is 5.97 Å². The Balaban J connectivity index is 2.63. The second-order valence-electron chi connectivity index (χ2n) is 4.02. The fraction of sp³-hybridized carbons (Fsp3) is 0.333. The molecule has 2 aromatic heterocycles. The molecule has 1 N–H and O–H groups in total. The van der Waals surface area contributed by atoms with Crippen molar-refractivity contribution in [1.29, 1.82) is 0 Å². The Morgan fingerprint density at radius 3 is 3.00 bits per heavy atom. The number of esters is 1. The number of fused-ring (bicyclic) bond motifs is 1. The van der Waals surface area contributed by atoms with Crippen molar-refractivity contribution in [1.82, 2.24) is 9.38 Å². The maximum Gasteiger partial charge on any atom is 0.358 e. The zero-order chi connectivity index (χ0) is 13.3. The van der Waals surface area contributed by atoms with Gasteiger partial charge in [-0.05, 0) is 19.1 Å². The van der Waals surface area contributed by atoms with E-state index in [1.807, 2.05) is 6.07 Å². The van der Waals surface area contributed by atoms with E-state index in [-0.39, 0.29) is 5.69 Å². The molecule has 2 heterocycles. The summed E-state index contributed by atoms with van der Waals surface area (Å²) in [4.78, 5) is 15.9. The second kappa shape index (κ2) is 5.07. The molecule has 18 heavy (non-hydrogen) atoms. The summed E-state index contributed by atoms with van der Waals surface area (Å²) in [5.74, 6) is 0.148. The lowest BCUT2D eigenvalue weighted by atomic mass is 10.3. The van der Waals surface area contributed by atoms with Crippen molar-refractivity contribution in [3.8, 4) is 0 Å². The van der Waals surface area contributed by atoms with Crippen LogP contribution in [-0.4, -0.2) is 33.7 Å². The molecular formula is C12H13BrN2O3. The van der Waals surface area contributed by atoms with Crippen molar-refractivity contribution in [3.63, 3.8) is 0 Å². The van der Waals surface area contributed by atoms with Gasteiger partial charge in [-0.1, -0.05) is 15.9 Å². The molecule has 0 saturated heterocycles. The van der Waals surface area contributed by atoms with Crippen LogP contribution in [0.5, 0.6) is 0 Å². The maximum absolute atomic E-state index is 11.7. The van der Waals surface area contributed by atoms with Crippen LogP contribution in [0.15, 0.2) is 22.8 Å². The number of pyridine rings is 1. The number of aliphatic hydroxyl groups excluding tert-OH is 1. The van der Waals surface area contributed by atoms with E-state index < -0.39 is 12.1 Å². The molecule has 1 atom stereocenters. The van der Waals surface area contributed by atoms with Gasteiger partial charge in [0.1, 0.15) is 5.82 Å². The Morgan fingerprint density at radius 2 is 2.39 bits per heavy atom. The largest absolute Gasteiger partial charge is 0.464 e. The van der Waals surface area contributed by atoms with Crippen molar-refractivity contribution in [2.24, 2.45) is 0 Å². The van der Waals surface area contributed by atoms with E-state index in [2.05, 4.69) is 20.9 Å². The van der Waals surface area contributed by atoms with Gasteiger partial charge in [-0.15, -0.1) is 0 Å². The van der Waals surface area contributed by atoms with Crippen molar-refractivity contribution in [3.05, 3.63) is 34.3 Å². The Hall–Kier alpha value is -1.40. The highest BCUT2D eigenvalue weighted by atomic mass is 79.9. The third-order valence-electron chi connectivity index (χ3n) is 2.54. The van der Waals surface area contributed by atoms with Gasteiger partial charge in [0.15, 0.2) is 5.69 Å². The molecule has 0 radical (unpaired) electrons. The number of imidazole rings is 1. The lowest BCUT2D eigenvalue weighted by Gasteiger charge is -2.03. The Kier molecular flexibility index (Phi) is 3.68. The monoisotopic (exact) mass is 312 g/mol.